The first-order valence-electron chi connectivity index (χ1n) is 5.00. The summed E-state index contributed by atoms with van der Waals surface area (Å²) in [5.41, 5.74) is 1.03. The summed E-state index contributed by atoms with van der Waals surface area (Å²) in [6, 6.07) is 6.70. The SMILES string of the molecule is CCS(C)(C)OS(=O)(=O)c1ccc(C)cc1. The minimum atomic E-state index is -3.61. The molecule has 0 aromatic heterocycles. The van der Waals surface area contributed by atoms with E-state index < -0.39 is 20.4 Å². The second kappa shape index (κ2) is 4.77. The average Bonchev–Trinajstić information content (AvgIpc) is 2.17. The predicted octanol–water partition coefficient (Wildman–Crippen LogP) is 2.70. The summed E-state index contributed by atoms with van der Waals surface area (Å²) in [5, 5.41) is 0. The van der Waals surface area contributed by atoms with Crippen molar-refractivity contribution in [2.75, 3.05) is 18.3 Å². The van der Waals surface area contributed by atoms with Crippen molar-refractivity contribution < 1.29 is 12.0 Å². The first-order valence-corrected chi connectivity index (χ1v) is 8.96. The van der Waals surface area contributed by atoms with Crippen molar-refractivity contribution >= 4 is 20.4 Å². The zero-order valence-corrected chi connectivity index (χ0v) is 11.7. The molecule has 3 nitrogen and oxygen atoms in total. The molecule has 0 heterocycles. The van der Waals surface area contributed by atoms with Crippen molar-refractivity contribution in [3.63, 3.8) is 0 Å². The third kappa shape index (κ3) is 3.50. The van der Waals surface area contributed by atoms with Crippen molar-refractivity contribution in [1.29, 1.82) is 0 Å². The molecule has 0 amide bonds. The van der Waals surface area contributed by atoms with E-state index in [4.69, 9.17) is 3.63 Å². The van der Waals surface area contributed by atoms with Gasteiger partial charge in [-0.25, -0.2) is 3.63 Å². The van der Waals surface area contributed by atoms with Crippen LogP contribution in [-0.4, -0.2) is 26.7 Å². The number of benzene rings is 1. The number of hydrogen-bond donors (Lipinski definition) is 0. The van der Waals surface area contributed by atoms with Gasteiger partial charge < -0.3 is 0 Å². The molecule has 0 aliphatic heterocycles. The summed E-state index contributed by atoms with van der Waals surface area (Å²) in [7, 11) is -5.13. The third-order valence-electron chi connectivity index (χ3n) is 2.28. The minimum absolute atomic E-state index is 0.229. The highest BCUT2D eigenvalue weighted by molar-refractivity contribution is 8.32. The molecule has 92 valence electrons. The van der Waals surface area contributed by atoms with Gasteiger partial charge in [0.25, 0.3) is 0 Å². The first-order chi connectivity index (χ1) is 7.27. The van der Waals surface area contributed by atoms with Crippen LogP contribution in [-0.2, 0) is 13.7 Å². The maximum absolute atomic E-state index is 11.9. The highest BCUT2D eigenvalue weighted by Crippen LogP contribution is 2.43. The van der Waals surface area contributed by atoms with Crippen molar-refractivity contribution in [3.8, 4) is 0 Å². The Morgan fingerprint density at radius 2 is 1.62 bits per heavy atom. The van der Waals surface area contributed by atoms with Gasteiger partial charge in [0.05, 0.1) is 4.90 Å². The van der Waals surface area contributed by atoms with Gasteiger partial charge in [0.15, 0.2) is 0 Å². The molecule has 5 heteroatoms. The first kappa shape index (κ1) is 13.5. The lowest BCUT2D eigenvalue weighted by Gasteiger charge is -2.27. The Morgan fingerprint density at radius 1 is 1.12 bits per heavy atom. The zero-order valence-electron chi connectivity index (χ0n) is 10.1. The molecule has 1 aromatic rings. The summed E-state index contributed by atoms with van der Waals surface area (Å²) < 4.78 is 29.1. The van der Waals surface area contributed by atoms with E-state index >= 15 is 0 Å². The lowest BCUT2D eigenvalue weighted by Crippen LogP contribution is -2.11. The van der Waals surface area contributed by atoms with E-state index in [1.54, 1.807) is 24.3 Å². The Labute approximate surface area is 99.5 Å². The van der Waals surface area contributed by atoms with Gasteiger partial charge in [-0.05, 0) is 37.3 Å². The van der Waals surface area contributed by atoms with E-state index in [0.717, 1.165) is 11.3 Å². The maximum Gasteiger partial charge on any atom is 0.306 e. The normalized spacial score (nSPS) is 13.8. The van der Waals surface area contributed by atoms with Crippen molar-refractivity contribution in [3.05, 3.63) is 29.8 Å². The van der Waals surface area contributed by atoms with Crippen LogP contribution < -0.4 is 0 Å². The molecule has 0 N–H and O–H groups in total. The number of hydrogen-bond acceptors (Lipinski definition) is 3. The average molecular weight is 262 g/mol. The van der Waals surface area contributed by atoms with E-state index in [1.807, 2.05) is 26.4 Å². The second-order valence-electron chi connectivity index (χ2n) is 4.06. The summed E-state index contributed by atoms with van der Waals surface area (Å²) in [5.74, 6) is 0.720. The van der Waals surface area contributed by atoms with Gasteiger partial charge in [-0.1, -0.05) is 24.6 Å². The molecule has 1 aromatic carbocycles. The van der Waals surface area contributed by atoms with E-state index in [1.165, 1.54) is 0 Å². The fourth-order valence-electron chi connectivity index (χ4n) is 1.03. The Bertz CT molecular complexity index is 447. The molecule has 0 bridgehead atoms. The quantitative estimate of drug-likeness (QED) is 0.838. The maximum atomic E-state index is 11.9. The van der Waals surface area contributed by atoms with E-state index in [9.17, 15) is 8.42 Å². The van der Waals surface area contributed by atoms with Crippen LogP contribution in [0.1, 0.15) is 12.5 Å². The fraction of sp³-hybridized carbons (Fsp3) is 0.455. The van der Waals surface area contributed by atoms with Gasteiger partial charge in [0.2, 0.25) is 0 Å². The molecule has 0 atom stereocenters. The van der Waals surface area contributed by atoms with E-state index in [2.05, 4.69) is 0 Å². The molecule has 0 spiro atoms. The third-order valence-corrected chi connectivity index (χ3v) is 6.71. The molecule has 0 unspecified atom stereocenters. The fourth-order valence-corrected chi connectivity index (χ4v) is 4.14. The Balaban J connectivity index is 2.99. The van der Waals surface area contributed by atoms with Crippen LogP contribution in [0, 0.1) is 6.92 Å². The summed E-state index contributed by atoms with van der Waals surface area (Å²) in [6.45, 7) is 3.85. The molecule has 0 aliphatic rings. The van der Waals surface area contributed by atoms with Crippen LogP contribution in [0.2, 0.25) is 0 Å². The van der Waals surface area contributed by atoms with Crippen LogP contribution in [0.15, 0.2) is 29.2 Å². The molecule has 0 radical (unpaired) electrons. The van der Waals surface area contributed by atoms with Crippen LogP contribution in [0.5, 0.6) is 0 Å². The van der Waals surface area contributed by atoms with Gasteiger partial charge in [-0.3, -0.25) is 0 Å². The Hall–Kier alpha value is -0.520. The van der Waals surface area contributed by atoms with Crippen LogP contribution in [0.25, 0.3) is 0 Å². The van der Waals surface area contributed by atoms with Gasteiger partial charge in [-0.15, -0.1) is 10.3 Å². The topological polar surface area (TPSA) is 43.4 Å². The largest absolute Gasteiger partial charge is 0.306 e. The van der Waals surface area contributed by atoms with Crippen LogP contribution >= 0.6 is 10.3 Å². The molecule has 16 heavy (non-hydrogen) atoms. The van der Waals surface area contributed by atoms with Crippen molar-refractivity contribution in [1.82, 2.24) is 0 Å². The monoisotopic (exact) mass is 262 g/mol. The van der Waals surface area contributed by atoms with Crippen molar-refractivity contribution in [2.24, 2.45) is 0 Å². The predicted molar refractivity (Wildman–Crippen MR) is 69.4 cm³/mol. The van der Waals surface area contributed by atoms with Gasteiger partial charge in [0.1, 0.15) is 0 Å². The molecular formula is C11H18O3S2. The van der Waals surface area contributed by atoms with Crippen LogP contribution in [0.3, 0.4) is 0 Å². The molecule has 0 saturated carbocycles. The van der Waals surface area contributed by atoms with Gasteiger partial charge in [-0.2, -0.15) is 8.42 Å². The highest BCUT2D eigenvalue weighted by atomic mass is 32.3. The number of aryl methyl sites for hydroxylation is 1. The summed E-state index contributed by atoms with van der Waals surface area (Å²) in [6.07, 6.45) is 3.69. The lowest BCUT2D eigenvalue weighted by molar-refractivity contribution is 0.512. The Kier molecular flexibility index (Phi) is 4.04. The summed E-state index contributed by atoms with van der Waals surface area (Å²) >= 11 is 0. The molecule has 0 saturated heterocycles. The van der Waals surface area contributed by atoms with Gasteiger partial charge in [0, 0.05) is 0 Å². The zero-order chi connectivity index (χ0) is 12.4. The number of rotatable bonds is 4. The van der Waals surface area contributed by atoms with Gasteiger partial charge >= 0.3 is 10.1 Å². The lowest BCUT2D eigenvalue weighted by atomic mass is 10.2. The molecule has 1 rings (SSSR count). The minimum Gasteiger partial charge on any atom is -0.217 e. The van der Waals surface area contributed by atoms with E-state index in [-0.39, 0.29) is 4.90 Å². The smallest absolute Gasteiger partial charge is 0.217 e. The molecule has 0 aliphatic carbocycles. The highest BCUT2D eigenvalue weighted by Gasteiger charge is 2.22. The Morgan fingerprint density at radius 3 is 2.06 bits per heavy atom. The standard InChI is InChI=1S/C11H18O3S2/c1-5-15(3,4)14-16(12,13)11-8-6-10(2)7-9-11/h6-9H,5H2,1-4H3. The molecule has 0 fully saturated rings. The molecular weight excluding hydrogens is 244 g/mol. The van der Waals surface area contributed by atoms with E-state index in [0.29, 0.717) is 0 Å². The van der Waals surface area contributed by atoms with Crippen molar-refractivity contribution in [2.45, 2.75) is 18.7 Å². The summed E-state index contributed by atoms with van der Waals surface area (Å²) in [4.78, 5) is 0.229. The second-order valence-corrected chi connectivity index (χ2v) is 9.44. The van der Waals surface area contributed by atoms with Crippen LogP contribution in [0.4, 0.5) is 0 Å².